The van der Waals surface area contributed by atoms with Crippen LogP contribution in [0.5, 0.6) is 0 Å². The predicted molar refractivity (Wildman–Crippen MR) is 78.0 cm³/mol. The second-order valence-corrected chi connectivity index (χ2v) is 5.44. The molecule has 1 unspecified atom stereocenters. The summed E-state index contributed by atoms with van der Waals surface area (Å²) in [6, 6.07) is 1.53. The van der Waals surface area contributed by atoms with Crippen molar-refractivity contribution < 1.29 is 9.53 Å². The Kier molecular flexibility index (Phi) is 4.63. The Bertz CT molecular complexity index is 467. The third-order valence-electron chi connectivity index (χ3n) is 3.20. The van der Waals surface area contributed by atoms with Gasteiger partial charge in [0.2, 0.25) is 0 Å². The number of aromatic nitrogens is 1. The maximum atomic E-state index is 12.0. The standard InChI is InChI=1S/C13H18BrN3O2/c1-2-19-13(18)11-5-3-4-6-17(11)12-10(15)7-9(14)8-16-12/h7-8,11H,2-6,15H2,1H3. The fourth-order valence-corrected chi connectivity index (χ4v) is 2.71. The van der Waals surface area contributed by atoms with E-state index in [-0.39, 0.29) is 12.0 Å². The fraction of sp³-hybridized carbons (Fsp3) is 0.538. The Balaban J connectivity index is 2.26. The van der Waals surface area contributed by atoms with Gasteiger partial charge in [-0.05, 0) is 48.2 Å². The summed E-state index contributed by atoms with van der Waals surface area (Å²) in [6.45, 7) is 2.99. The van der Waals surface area contributed by atoms with Crippen molar-refractivity contribution in [3.8, 4) is 0 Å². The van der Waals surface area contributed by atoms with Crippen molar-refractivity contribution in [1.29, 1.82) is 0 Å². The third-order valence-corrected chi connectivity index (χ3v) is 3.63. The van der Waals surface area contributed by atoms with Crippen LogP contribution in [0.2, 0.25) is 0 Å². The Labute approximate surface area is 121 Å². The van der Waals surface area contributed by atoms with Gasteiger partial charge in [-0.25, -0.2) is 9.78 Å². The van der Waals surface area contributed by atoms with Crippen LogP contribution in [0.15, 0.2) is 16.7 Å². The first-order valence-corrected chi connectivity index (χ1v) is 7.27. The van der Waals surface area contributed by atoms with E-state index in [1.165, 1.54) is 0 Å². The van der Waals surface area contributed by atoms with Gasteiger partial charge in [0.1, 0.15) is 6.04 Å². The number of anilines is 2. The van der Waals surface area contributed by atoms with E-state index >= 15 is 0 Å². The van der Waals surface area contributed by atoms with Crippen molar-refractivity contribution in [3.05, 3.63) is 16.7 Å². The van der Waals surface area contributed by atoms with E-state index in [4.69, 9.17) is 10.5 Å². The number of nitrogens with zero attached hydrogens (tertiary/aromatic N) is 2. The number of hydrogen-bond acceptors (Lipinski definition) is 5. The Hall–Kier alpha value is -1.30. The molecule has 1 aliphatic rings. The number of carbonyl (C=O) groups excluding carboxylic acids is 1. The van der Waals surface area contributed by atoms with E-state index in [9.17, 15) is 4.79 Å². The van der Waals surface area contributed by atoms with Gasteiger partial charge in [-0.1, -0.05) is 0 Å². The van der Waals surface area contributed by atoms with Gasteiger partial charge in [-0.2, -0.15) is 0 Å². The van der Waals surface area contributed by atoms with E-state index in [1.54, 1.807) is 12.3 Å². The number of rotatable bonds is 3. The highest BCUT2D eigenvalue weighted by Crippen LogP contribution is 2.29. The lowest BCUT2D eigenvalue weighted by atomic mass is 10.0. The minimum atomic E-state index is -0.273. The number of nitrogens with two attached hydrogens (primary N) is 1. The first-order chi connectivity index (χ1) is 9.13. The molecule has 1 aromatic rings. The van der Waals surface area contributed by atoms with Gasteiger partial charge < -0.3 is 15.4 Å². The first-order valence-electron chi connectivity index (χ1n) is 6.47. The van der Waals surface area contributed by atoms with Crippen LogP contribution in [0.1, 0.15) is 26.2 Å². The highest BCUT2D eigenvalue weighted by Gasteiger charge is 2.31. The van der Waals surface area contributed by atoms with Crippen molar-refractivity contribution in [2.45, 2.75) is 32.2 Å². The van der Waals surface area contributed by atoms with E-state index in [2.05, 4.69) is 20.9 Å². The molecule has 1 aliphatic heterocycles. The summed E-state index contributed by atoms with van der Waals surface area (Å²) < 4.78 is 5.97. The van der Waals surface area contributed by atoms with Crippen LogP contribution >= 0.6 is 15.9 Å². The second-order valence-electron chi connectivity index (χ2n) is 4.52. The number of halogens is 1. The van der Waals surface area contributed by atoms with Crippen molar-refractivity contribution in [2.75, 3.05) is 23.8 Å². The Morgan fingerprint density at radius 2 is 2.42 bits per heavy atom. The minimum Gasteiger partial charge on any atom is -0.464 e. The zero-order valence-corrected chi connectivity index (χ0v) is 12.5. The number of hydrogen-bond donors (Lipinski definition) is 1. The second kappa shape index (κ2) is 6.23. The van der Waals surface area contributed by atoms with Gasteiger partial charge in [0.15, 0.2) is 5.82 Å². The largest absolute Gasteiger partial charge is 0.464 e. The van der Waals surface area contributed by atoms with Crippen molar-refractivity contribution >= 4 is 33.4 Å². The zero-order valence-electron chi connectivity index (χ0n) is 10.9. The summed E-state index contributed by atoms with van der Waals surface area (Å²) >= 11 is 3.34. The van der Waals surface area contributed by atoms with E-state index < -0.39 is 0 Å². The molecule has 1 aromatic heterocycles. The Morgan fingerprint density at radius 3 is 3.11 bits per heavy atom. The van der Waals surface area contributed by atoms with Crippen LogP contribution in [-0.4, -0.2) is 30.1 Å². The predicted octanol–water partition coefficient (Wildman–Crippen LogP) is 2.35. The topological polar surface area (TPSA) is 68.5 Å². The number of ether oxygens (including phenoxy) is 1. The van der Waals surface area contributed by atoms with Crippen molar-refractivity contribution in [1.82, 2.24) is 4.98 Å². The average Bonchev–Trinajstić information content (AvgIpc) is 2.39. The highest BCUT2D eigenvalue weighted by atomic mass is 79.9. The SMILES string of the molecule is CCOC(=O)C1CCCCN1c1ncc(Br)cc1N. The number of nitrogen functional groups attached to an aromatic ring is 1. The Morgan fingerprint density at radius 1 is 1.63 bits per heavy atom. The molecule has 2 rings (SSSR count). The zero-order chi connectivity index (χ0) is 13.8. The molecule has 0 radical (unpaired) electrons. The molecule has 0 spiro atoms. The van der Waals surface area contributed by atoms with Gasteiger partial charge in [-0.15, -0.1) is 0 Å². The van der Waals surface area contributed by atoms with Gasteiger partial charge in [0.05, 0.1) is 12.3 Å². The summed E-state index contributed by atoms with van der Waals surface area (Å²) in [5, 5.41) is 0. The lowest BCUT2D eigenvalue weighted by molar-refractivity contribution is -0.145. The summed E-state index contributed by atoms with van der Waals surface area (Å²) in [5.74, 6) is 0.479. The molecule has 0 aromatic carbocycles. The smallest absolute Gasteiger partial charge is 0.328 e. The highest BCUT2D eigenvalue weighted by molar-refractivity contribution is 9.10. The van der Waals surface area contributed by atoms with Gasteiger partial charge in [0.25, 0.3) is 0 Å². The minimum absolute atomic E-state index is 0.189. The molecule has 104 valence electrons. The third kappa shape index (κ3) is 3.18. The summed E-state index contributed by atoms with van der Waals surface area (Å²) in [7, 11) is 0. The van der Waals surface area contributed by atoms with E-state index in [0.717, 1.165) is 30.3 Å². The molecule has 2 heterocycles. The molecule has 1 fully saturated rings. The van der Waals surface area contributed by atoms with Gasteiger partial charge in [-0.3, -0.25) is 0 Å². The van der Waals surface area contributed by atoms with Crippen LogP contribution in [0.4, 0.5) is 11.5 Å². The van der Waals surface area contributed by atoms with E-state index in [0.29, 0.717) is 18.1 Å². The van der Waals surface area contributed by atoms with Crippen LogP contribution in [-0.2, 0) is 9.53 Å². The van der Waals surface area contributed by atoms with Crippen LogP contribution in [0.3, 0.4) is 0 Å². The van der Waals surface area contributed by atoms with Gasteiger partial charge >= 0.3 is 5.97 Å². The molecule has 5 nitrogen and oxygen atoms in total. The number of pyridine rings is 1. The maximum Gasteiger partial charge on any atom is 0.328 e. The quantitative estimate of drug-likeness (QED) is 0.863. The molecular formula is C13H18BrN3O2. The number of carbonyl (C=O) groups is 1. The van der Waals surface area contributed by atoms with E-state index in [1.807, 2.05) is 11.8 Å². The lowest BCUT2D eigenvalue weighted by Gasteiger charge is -2.35. The van der Waals surface area contributed by atoms with Crippen molar-refractivity contribution in [2.24, 2.45) is 0 Å². The molecule has 0 saturated carbocycles. The summed E-state index contributed by atoms with van der Waals surface area (Å²) in [5.41, 5.74) is 6.58. The average molecular weight is 328 g/mol. The number of piperidine rings is 1. The molecule has 1 atom stereocenters. The molecule has 0 bridgehead atoms. The normalized spacial score (nSPS) is 19.3. The number of esters is 1. The van der Waals surface area contributed by atoms with Crippen molar-refractivity contribution in [3.63, 3.8) is 0 Å². The monoisotopic (exact) mass is 327 g/mol. The molecule has 19 heavy (non-hydrogen) atoms. The van der Waals surface area contributed by atoms with Crippen LogP contribution in [0, 0.1) is 0 Å². The maximum absolute atomic E-state index is 12.0. The molecule has 6 heteroatoms. The van der Waals surface area contributed by atoms with Crippen LogP contribution in [0.25, 0.3) is 0 Å². The first kappa shape index (κ1) is 14.1. The molecule has 1 saturated heterocycles. The lowest BCUT2D eigenvalue weighted by Crippen LogP contribution is -2.46. The summed E-state index contributed by atoms with van der Waals surface area (Å²) in [6.07, 6.45) is 4.54. The molecular weight excluding hydrogens is 310 g/mol. The molecule has 2 N–H and O–H groups in total. The summed E-state index contributed by atoms with van der Waals surface area (Å²) in [4.78, 5) is 18.3. The molecule has 0 amide bonds. The molecule has 0 aliphatic carbocycles. The fourth-order valence-electron chi connectivity index (χ4n) is 2.36. The van der Waals surface area contributed by atoms with Crippen LogP contribution < -0.4 is 10.6 Å². The van der Waals surface area contributed by atoms with Gasteiger partial charge in [0, 0.05) is 17.2 Å².